The maximum atomic E-state index is 10.9. The summed E-state index contributed by atoms with van der Waals surface area (Å²) in [6, 6.07) is 0. The maximum absolute atomic E-state index is 10.9. The van der Waals surface area contributed by atoms with Crippen molar-refractivity contribution >= 4 is 22.4 Å². The predicted octanol–water partition coefficient (Wildman–Crippen LogP) is 0.211. The molecular weight excluding hydrogens is 264 g/mol. The van der Waals surface area contributed by atoms with Crippen LogP contribution in [-0.2, 0) is 11.3 Å². The van der Waals surface area contributed by atoms with Crippen LogP contribution in [0, 0.1) is 0 Å². The Hall–Kier alpha value is -1.02. The van der Waals surface area contributed by atoms with Crippen molar-refractivity contribution in [3.63, 3.8) is 0 Å². The quantitative estimate of drug-likeness (QED) is 0.809. The average molecular weight is 284 g/mol. The maximum Gasteiger partial charge on any atom is 0.223 e. The van der Waals surface area contributed by atoms with Gasteiger partial charge in [0.1, 0.15) is 0 Å². The molecule has 2 rings (SSSR count). The molecule has 0 aliphatic carbocycles. The van der Waals surface area contributed by atoms with Gasteiger partial charge in [-0.3, -0.25) is 14.6 Å². The summed E-state index contributed by atoms with van der Waals surface area (Å²) in [5, 5.41) is 14.3. The summed E-state index contributed by atoms with van der Waals surface area (Å²) in [6.07, 6.45) is 0. The number of anilines is 1. The lowest BCUT2D eigenvalue weighted by atomic mass is 10.3. The van der Waals surface area contributed by atoms with Gasteiger partial charge in [0.2, 0.25) is 5.91 Å². The Morgan fingerprint density at radius 1 is 1.42 bits per heavy atom. The fraction of sp³-hybridized carbons (Fsp3) is 0.667. The molecule has 7 heteroatoms. The molecule has 1 amide bonds. The van der Waals surface area contributed by atoms with Gasteiger partial charge in [0, 0.05) is 51.6 Å². The predicted molar refractivity (Wildman–Crippen MR) is 75.2 cm³/mol. The highest BCUT2D eigenvalue weighted by Gasteiger charge is 2.17. The molecule has 0 aromatic carbocycles. The molecule has 1 aromatic heterocycles. The summed E-state index contributed by atoms with van der Waals surface area (Å²) in [4.78, 5) is 19.9. The number of amides is 1. The van der Waals surface area contributed by atoms with Gasteiger partial charge in [0.25, 0.3) is 0 Å². The second-order valence-electron chi connectivity index (χ2n) is 4.67. The van der Waals surface area contributed by atoms with Gasteiger partial charge in [0.15, 0.2) is 5.13 Å². The smallest absolute Gasteiger partial charge is 0.223 e. The van der Waals surface area contributed by atoms with Crippen LogP contribution < -0.4 is 5.32 Å². The molecule has 1 aliphatic rings. The van der Waals surface area contributed by atoms with Gasteiger partial charge in [-0.1, -0.05) is 0 Å². The van der Waals surface area contributed by atoms with Gasteiger partial charge in [0.05, 0.1) is 12.3 Å². The molecule has 0 spiro atoms. The van der Waals surface area contributed by atoms with Crippen LogP contribution in [0.1, 0.15) is 12.6 Å². The number of aliphatic hydroxyl groups is 1. The van der Waals surface area contributed by atoms with Gasteiger partial charge in [-0.05, 0) is 0 Å². The Kier molecular flexibility index (Phi) is 5.26. The molecule has 2 heterocycles. The number of rotatable bonds is 5. The number of carbonyl (C=O) groups excluding carboxylic acids is 1. The van der Waals surface area contributed by atoms with E-state index < -0.39 is 0 Å². The molecule has 106 valence electrons. The lowest BCUT2D eigenvalue weighted by molar-refractivity contribution is -0.114. The first kappa shape index (κ1) is 14.4. The molecular formula is C12H20N4O2S. The first-order chi connectivity index (χ1) is 9.17. The highest BCUT2D eigenvalue weighted by atomic mass is 32.1. The summed E-state index contributed by atoms with van der Waals surface area (Å²) in [6.45, 7) is 7.26. The van der Waals surface area contributed by atoms with Crippen molar-refractivity contribution in [3.8, 4) is 0 Å². The molecule has 1 aromatic rings. The molecule has 2 N–H and O–H groups in total. The summed E-state index contributed by atoms with van der Waals surface area (Å²) >= 11 is 1.46. The van der Waals surface area contributed by atoms with Crippen LogP contribution in [0.3, 0.4) is 0 Å². The van der Waals surface area contributed by atoms with Crippen LogP contribution in [0.2, 0.25) is 0 Å². The van der Waals surface area contributed by atoms with Crippen molar-refractivity contribution in [1.82, 2.24) is 14.8 Å². The number of nitrogens with one attached hydrogen (secondary N) is 1. The van der Waals surface area contributed by atoms with Crippen molar-refractivity contribution < 1.29 is 9.90 Å². The van der Waals surface area contributed by atoms with Crippen molar-refractivity contribution in [2.24, 2.45) is 0 Å². The third-order valence-corrected chi connectivity index (χ3v) is 3.91. The van der Waals surface area contributed by atoms with E-state index in [4.69, 9.17) is 5.11 Å². The second-order valence-corrected chi connectivity index (χ2v) is 5.52. The number of piperazine rings is 1. The van der Waals surface area contributed by atoms with E-state index in [9.17, 15) is 4.79 Å². The molecule has 1 fully saturated rings. The fourth-order valence-electron chi connectivity index (χ4n) is 2.13. The molecule has 0 radical (unpaired) electrons. The minimum absolute atomic E-state index is 0.0847. The Morgan fingerprint density at radius 3 is 2.74 bits per heavy atom. The summed E-state index contributed by atoms with van der Waals surface area (Å²) < 4.78 is 0. The van der Waals surface area contributed by atoms with E-state index in [1.165, 1.54) is 18.3 Å². The van der Waals surface area contributed by atoms with Crippen LogP contribution >= 0.6 is 11.3 Å². The minimum Gasteiger partial charge on any atom is -0.395 e. The van der Waals surface area contributed by atoms with E-state index in [1.54, 1.807) is 0 Å². The van der Waals surface area contributed by atoms with Gasteiger partial charge >= 0.3 is 0 Å². The Bertz CT molecular complexity index is 416. The molecule has 0 saturated carbocycles. The highest BCUT2D eigenvalue weighted by Crippen LogP contribution is 2.17. The molecule has 6 nitrogen and oxygen atoms in total. The number of carbonyl (C=O) groups is 1. The summed E-state index contributed by atoms with van der Waals surface area (Å²) in [5.74, 6) is -0.0847. The first-order valence-electron chi connectivity index (χ1n) is 6.45. The number of β-amino-alcohol motifs (C(OH)–C–C–N with tert-alkyl or cyclic N) is 1. The van der Waals surface area contributed by atoms with Crippen LogP contribution in [0.5, 0.6) is 0 Å². The highest BCUT2D eigenvalue weighted by molar-refractivity contribution is 7.13. The zero-order chi connectivity index (χ0) is 13.7. The van der Waals surface area contributed by atoms with E-state index in [0.29, 0.717) is 5.13 Å². The van der Waals surface area contributed by atoms with E-state index in [-0.39, 0.29) is 12.5 Å². The van der Waals surface area contributed by atoms with Crippen molar-refractivity contribution in [2.45, 2.75) is 13.5 Å². The topological polar surface area (TPSA) is 68.7 Å². The fourth-order valence-corrected chi connectivity index (χ4v) is 2.88. The monoisotopic (exact) mass is 284 g/mol. The SMILES string of the molecule is CC(=O)Nc1nc(CN2CCN(CCO)CC2)cs1. The van der Waals surface area contributed by atoms with Gasteiger partial charge in [-0.25, -0.2) is 4.98 Å². The number of thiazole rings is 1. The molecule has 1 saturated heterocycles. The standard InChI is InChI=1S/C12H20N4O2S/c1-10(18)13-12-14-11(9-19-12)8-16-4-2-15(3-5-16)6-7-17/h9,17H,2-8H2,1H3,(H,13,14,18). The van der Waals surface area contributed by atoms with E-state index >= 15 is 0 Å². The summed E-state index contributed by atoms with van der Waals surface area (Å²) in [7, 11) is 0. The number of aromatic nitrogens is 1. The lowest BCUT2D eigenvalue weighted by Crippen LogP contribution is -2.46. The summed E-state index contributed by atoms with van der Waals surface area (Å²) in [5.41, 5.74) is 1.00. The number of aliphatic hydroxyl groups excluding tert-OH is 1. The number of hydrogen-bond acceptors (Lipinski definition) is 6. The normalized spacial score (nSPS) is 17.6. The van der Waals surface area contributed by atoms with Gasteiger partial charge in [-0.15, -0.1) is 11.3 Å². The van der Waals surface area contributed by atoms with E-state index in [1.807, 2.05) is 5.38 Å². The number of nitrogens with zero attached hydrogens (tertiary/aromatic N) is 3. The third kappa shape index (κ3) is 4.54. The van der Waals surface area contributed by atoms with E-state index in [0.717, 1.165) is 45.0 Å². The van der Waals surface area contributed by atoms with E-state index in [2.05, 4.69) is 20.1 Å². The Labute approximate surface area is 117 Å². The van der Waals surface area contributed by atoms with Crippen LogP contribution in [0.25, 0.3) is 0 Å². The average Bonchev–Trinajstić information content (AvgIpc) is 2.78. The molecule has 1 aliphatic heterocycles. The van der Waals surface area contributed by atoms with Crippen molar-refractivity contribution in [2.75, 3.05) is 44.6 Å². The molecule has 0 bridgehead atoms. The Morgan fingerprint density at radius 2 is 2.11 bits per heavy atom. The van der Waals surface area contributed by atoms with Crippen molar-refractivity contribution in [1.29, 1.82) is 0 Å². The van der Waals surface area contributed by atoms with Crippen LogP contribution in [0.4, 0.5) is 5.13 Å². The lowest BCUT2D eigenvalue weighted by Gasteiger charge is -2.33. The van der Waals surface area contributed by atoms with Crippen LogP contribution in [0.15, 0.2) is 5.38 Å². The minimum atomic E-state index is -0.0847. The first-order valence-corrected chi connectivity index (χ1v) is 7.33. The largest absolute Gasteiger partial charge is 0.395 e. The molecule has 0 unspecified atom stereocenters. The third-order valence-electron chi connectivity index (χ3n) is 3.10. The molecule has 19 heavy (non-hydrogen) atoms. The van der Waals surface area contributed by atoms with Gasteiger partial charge < -0.3 is 10.4 Å². The zero-order valence-corrected chi connectivity index (χ0v) is 11.9. The van der Waals surface area contributed by atoms with Gasteiger partial charge in [-0.2, -0.15) is 0 Å². The Balaban J connectivity index is 1.79. The molecule has 0 atom stereocenters. The second kappa shape index (κ2) is 6.95. The zero-order valence-electron chi connectivity index (χ0n) is 11.1. The van der Waals surface area contributed by atoms with Crippen LogP contribution in [-0.4, -0.2) is 65.1 Å². The van der Waals surface area contributed by atoms with Crippen molar-refractivity contribution in [3.05, 3.63) is 11.1 Å². The number of hydrogen-bond donors (Lipinski definition) is 2.